The topological polar surface area (TPSA) is 29.5 Å². The lowest BCUT2D eigenvalue weighted by Crippen LogP contribution is -2.29. The van der Waals surface area contributed by atoms with Gasteiger partial charge in [-0.1, -0.05) is 30.9 Å². The summed E-state index contributed by atoms with van der Waals surface area (Å²) in [7, 11) is 0. The summed E-state index contributed by atoms with van der Waals surface area (Å²) in [6, 6.07) is 0. The number of hydrogen-bond acceptors (Lipinski definition) is 3. The highest BCUT2D eigenvalue weighted by Gasteiger charge is 2.17. The van der Waals surface area contributed by atoms with Crippen molar-refractivity contribution in [2.75, 3.05) is 0 Å². The van der Waals surface area contributed by atoms with Gasteiger partial charge in [0.2, 0.25) is 0 Å². The SMILES string of the molecule is C/C=C/C(CC#CC(S)CC)OC(C)(C)O. The molecule has 0 rings (SSSR count). The van der Waals surface area contributed by atoms with Crippen molar-refractivity contribution in [3.05, 3.63) is 12.2 Å². The molecular weight excluding hydrogens is 220 g/mol. The van der Waals surface area contributed by atoms with E-state index in [0.717, 1.165) is 6.42 Å². The maximum absolute atomic E-state index is 9.55. The van der Waals surface area contributed by atoms with Crippen LogP contribution in [0, 0.1) is 11.8 Å². The van der Waals surface area contributed by atoms with Gasteiger partial charge in [-0.3, -0.25) is 0 Å². The van der Waals surface area contributed by atoms with Crippen molar-refractivity contribution in [1.82, 2.24) is 0 Å². The molecule has 1 N–H and O–H groups in total. The van der Waals surface area contributed by atoms with Crippen LogP contribution in [0.5, 0.6) is 0 Å². The standard InChI is InChI=1S/C13H22O2S/c1-5-8-11(15-13(3,4)14)9-7-10-12(16)6-2/h5,8,11-12,14,16H,6,9H2,1-4H3/b8-5+. The minimum atomic E-state index is -1.13. The van der Waals surface area contributed by atoms with Crippen LogP contribution in [0.15, 0.2) is 12.2 Å². The van der Waals surface area contributed by atoms with Crippen LogP contribution < -0.4 is 0 Å². The highest BCUT2D eigenvalue weighted by Crippen LogP contribution is 2.11. The van der Waals surface area contributed by atoms with Crippen LogP contribution >= 0.6 is 12.6 Å². The number of thiol groups is 1. The third-order valence-electron chi connectivity index (χ3n) is 1.81. The van der Waals surface area contributed by atoms with Crippen molar-refractivity contribution < 1.29 is 9.84 Å². The molecule has 3 heteroatoms. The molecule has 2 nitrogen and oxygen atoms in total. The Morgan fingerprint density at radius 3 is 2.56 bits per heavy atom. The molecule has 0 aromatic heterocycles. The van der Waals surface area contributed by atoms with E-state index < -0.39 is 5.79 Å². The minimum absolute atomic E-state index is 0.119. The van der Waals surface area contributed by atoms with E-state index in [9.17, 15) is 5.11 Å². The molecule has 92 valence electrons. The molecule has 0 saturated heterocycles. The Balaban J connectivity index is 4.28. The van der Waals surface area contributed by atoms with Gasteiger partial charge in [0.05, 0.1) is 11.4 Å². The fraction of sp³-hybridized carbons (Fsp3) is 0.692. The summed E-state index contributed by atoms with van der Waals surface area (Å²) in [5, 5.41) is 9.67. The van der Waals surface area contributed by atoms with Gasteiger partial charge in [-0.15, -0.1) is 0 Å². The fourth-order valence-electron chi connectivity index (χ4n) is 1.11. The van der Waals surface area contributed by atoms with Gasteiger partial charge in [0, 0.05) is 6.42 Å². The summed E-state index contributed by atoms with van der Waals surface area (Å²) in [5.74, 6) is 4.93. The van der Waals surface area contributed by atoms with Gasteiger partial charge in [0.15, 0.2) is 5.79 Å². The van der Waals surface area contributed by atoms with Crippen molar-refractivity contribution in [3.63, 3.8) is 0 Å². The van der Waals surface area contributed by atoms with Crippen LogP contribution in [-0.4, -0.2) is 22.2 Å². The summed E-state index contributed by atoms with van der Waals surface area (Å²) >= 11 is 4.29. The number of aliphatic hydroxyl groups is 1. The molecule has 0 saturated carbocycles. The maximum Gasteiger partial charge on any atom is 0.160 e. The first-order valence-corrected chi connectivity index (χ1v) is 6.10. The van der Waals surface area contributed by atoms with Gasteiger partial charge >= 0.3 is 0 Å². The Kier molecular flexibility index (Phi) is 7.57. The van der Waals surface area contributed by atoms with Crippen molar-refractivity contribution >= 4 is 12.6 Å². The smallest absolute Gasteiger partial charge is 0.160 e. The van der Waals surface area contributed by atoms with E-state index in [1.807, 2.05) is 26.0 Å². The summed E-state index contributed by atoms with van der Waals surface area (Å²) in [5.41, 5.74) is 0. The Hall–Kier alpha value is -0.430. The zero-order valence-electron chi connectivity index (χ0n) is 10.5. The Bertz CT molecular complexity index is 268. The van der Waals surface area contributed by atoms with E-state index in [4.69, 9.17) is 4.74 Å². The second-order valence-corrected chi connectivity index (χ2v) is 4.70. The highest BCUT2D eigenvalue weighted by molar-refractivity contribution is 7.81. The van der Waals surface area contributed by atoms with Crippen molar-refractivity contribution in [3.8, 4) is 11.8 Å². The van der Waals surface area contributed by atoms with Crippen LogP contribution in [0.25, 0.3) is 0 Å². The first-order chi connectivity index (χ1) is 7.39. The quantitative estimate of drug-likeness (QED) is 0.336. The third kappa shape index (κ3) is 8.84. The molecule has 0 amide bonds. The third-order valence-corrected chi connectivity index (χ3v) is 2.30. The van der Waals surface area contributed by atoms with Crippen LogP contribution in [0.3, 0.4) is 0 Å². The first-order valence-electron chi connectivity index (χ1n) is 5.58. The van der Waals surface area contributed by atoms with E-state index in [2.05, 4.69) is 24.5 Å². The maximum atomic E-state index is 9.55. The van der Waals surface area contributed by atoms with Crippen LogP contribution in [0.2, 0.25) is 0 Å². The van der Waals surface area contributed by atoms with Crippen molar-refractivity contribution in [2.45, 2.75) is 57.7 Å². The molecule has 0 aliphatic carbocycles. The molecule has 0 aliphatic heterocycles. The molecule has 2 unspecified atom stereocenters. The Morgan fingerprint density at radius 2 is 2.12 bits per heavy atom. The lowest BCUT2D eigenvalue weighted by atomic mass is 10.2. The minimum Gasteiger partial charge on any atom is -0.366 e. The second kappa shape index (κ2) is 7.78. The second-order valence-electron chi connectivity index (χ2n) is 4.08. The molecule has 0 aromatic rings. The zero-order chi connectivity index (χ0) is 12.6. The molecule has 0 heterocycles. The Morgan fingerprint density at radius 1 is 1.50 bits per heavy atom. The summed E-state index contributed by atoms with van der Waals surface area (Å²) in [6.07, 6.45) is 5.12. The lowest BCUT2D eigenvalue weighted by molar-refractivity contribution is -0.193. The number of hydrogen-bond donors (Lipinski definition) is 2. The average molecular weight is 242 g/mol. The summed E-state index contributed by atoms with van der Waals surface area (Å²) in [4.78, 5) is 0. The molecule has 0 aliphatic rings. The molecule has 0 spiro atoms. The number of allylic oxidation sites excluding steroid dienone is 1. The molecule has 0 fully saturated rings. The van der Waals surface area contributed by atoms with E-state index in [0.29, 0.717) is 6.42 Å². The largest absolute Gasteiger partial charge is 0.366 e. The summed E-state index contributed by atoms with van der Waals surface area (Å²) < 4.78 is 5.43. The zero-order valence-corrected chi connectivity index (χ0v) is 11.4. The van der Waals surface area contributed by atoms with Gasteiger partial charge in [-0.05, 0) is 27.2 Å². The number of rotatable bonds is 5. The Labute approximate surface area is 104 Å². The monoisotopic (exact) mass is 242 g/mol. The summed E-state index contributed by atoms with van der Waals surface area (Å²) in [6.45, 7) is 7.19. The molecule has 0 bridgehead atoms. The molecule has 16 heavy (non-hydrogen) atoms. The van der Waals surface area contributed by atoms with E-state index in [1.165, 1.54) is 0 Å². The van der Waals surface area contributed by atoms with Crippen LogP contribution in [0.4, 0.5) is 0 Å². The lowest BCUT2D eigenvalue weighted by Gasteiger charge is -2.23. The van der Waals surface area contributed by atoms with Crippen LogP contribution in [0.1, 0.15) is 40.5 Å². The molecular formula is C13H22O2S. The predicted octanol–water partition coefficient (Wildman–Crippen LogP) is 2.78. The van der Waals surface area contributed by atoms with Gasteiger partial charge in [0.25, 0.3) is 0 Å². The first kappa shape index (κ1) is 15.6. The predicted molar refractivity (Wildman–Crippen MR) is 71.4 cm³/mol. The number of ether oxygens (including phenoxy) is 1. The molecule has 0 aromatic carbocycles. The van der Waals surface area contributed by atoms with Gasteiger partial charge in [0.1, 0.15) is 0 Å². The average Bonchev–Trinajstić information content (AvgIpc) is 2.15. The van der Waals surface area contributed by atoms with Crippen molar-refractivity contribution in [1.29, 1.82) is 0 Å². The van der Waals surface area contributed by atoms with Crippen LogP contribution in [-0.2, 0) is 4.74 Å². The van der Waals surface area contributed by atoms with Crippen molar-refractivity contribution in [2.24, 2.45) is 0 Å². The van der Waals surface area contributed by atoms with E-state index in [-0.39, 0.29) is 11.4 Å². The normalized spacial score (nSPS) is 15.6. The van der Waals surface area contributed by atoms with Gasteiger partial charge in [-0.25, -0.2) is 0 Å². The fourth-order valence-corrected chi connectivity index (χ4v) is 1.20. The van der Waals surface area contributed by atoms with E-state index >= 15 is 0 Å². The highest BCUT2D eigenvalue weighted by atomic mass is 32.1. The van der Waals surface area contributed by atoms with E-state index in [1.54, 1.807) is 13.8 Å². The molecule has 0 radical (unpaired) electrons. The molecule has 2 atom stereocenters. The van der Waals surface area contributed by atoms with Gasteiger partial charge in [-0.2, -0.15) is 12.6 Å². The van der Waals surface area contributed by atoms with Gasteiger partial charge < -0.3 is 9.84 Å².